The van der Waals surface area contributed by atoms with Gasteiger partial charge in [-0.1, -0.05) is 29.8 Å². The normalized spacial score (nSPS) is 10.3. The third kappa shape index (κ3) is 5.50. The van der Waals surface area contributed by atoms with Gasteiger partial charge >= 0.3 is 0 Å². The molecule has 3 aromatic carbocycles. The number of nitriles is 1. The maximum absolute atomic E-state index is 13.5. The first-order chi connectivity index (χ1) is 14.0. The van der Waals surface area contributed by atoms with Crippen LogP contribution in [-0.4, -0.2) is 5.91 Å². The second-order valence-corrected chi connectivity index (χ2v) is 7.07. The van der Waals surface area contributed by atoms with E-state index in [9.17, 15) is 9.18 Å². The molecule has 29 heavy (non-hydrogen) atoms. The molecule has 0 radical (unpaired) electrons. The number of nitrogens with zero attached hydrogens (tertiary/aromatic N) is 1. The minimum atomic E-state index is -0.554. The standard InChI is InChI=1S/C22H16ClFN2O2S/c23-22-15(2-1-3-19(22)24)10-21(27)26-17-7-6-16(20(29)11-17)13-28-18-8-4-14(12-25)5-9-18/h1-9,11,29H,10,13H2,(H,26,27). The zero-order valence-electron chi connectivity index (χ0n) is 15.2. The van der Waals surface area contributed by atoms with Crippen molar-refractivity contribution in [3.8, 4) is 11.8 Å². The van der Waals surface area contributed by atoms with E-state index in [-0.39, 0.29) is 24.0 Å². The Hall–Kier alpha value is -3.01. The molecule has 0 atom stereocenters. The van der Waals surface area contributed by atoms with Gasteiger partial charge in [0.15, 0.2) is 0 Å². The SMILES string of the molecule is N#Cc1ccc(OCc2ccc(NC(=O)Cc3cccc(F)c3Cl)cc2S)cc1. The topological polar surface area (TPSA) is 62.1 Å². The molecule has 0 fully saturated rings. The quantitative estimate of drug-likeness (QED) is 0.519. The molecule has 146 valence electrons. The third-order valence-electron chi connectivity index (χ3n) is 4.13. The highest BCUT2D eigenvalue weighted by Gasteiger charge is 2.11. The van der Waals surface area contributed by atoms with Crippen molar-refractivity contribution in [1.82, 2.24) is 0 Å². The Kier molecular flexibility index (Phi) is 6.76. The molecule has 3 rings (SSSR count). The van der Waals surface area contributed by atoms with Crippen LogP contribution in [0.4, 0.5) is 10.1 Å². The first kappa shape index (κ1) is 20.7. The fourth-order valence-corrected chi connectivity index (χ4v) is 3.08. The van der Waals surface area contributed by atoms with Crippen LogP contribution in [0, 0.1) is 17.1 Å². The van der Waals surface area contributed by atoms with Crippen molar-refractivity contribution in [2.45, 2.75) is 17.9 Å². The van der Waals surface area contributed by atoms with Crippen LogP contribution >= 0.6 is 24.2 Å². The molecule has 0 spiro atoms. The summed E-state index contributed by atoms with van der Waals surface area (Å²) in [6.45, 7) is 0.290. The van der Waals surface area contributed by atoms with Crippen LogP contribution in [0.5, 0.6) is 5.75 Å². The van der Waals surface area contributed by atoms with Crippen LogP contribution in [0.3, 0.4) is 0 Å². The molecule has 3 aromatic rings. The number of anilines is 1. The van der Waals surface area contributed by atoms with Gasteiger partial charge in [-0.05, 0) is 48.0 Å². The minimum absolute atomic E-state index is 0.0396. The van der Waals surface area contributed by atoms with Gasteiger partial charge < -0.3 is 10.1 Å². The number of carbonyl (C=O) groups is 1. The molecule has 7 heteroatoms. The number of nitrogens with one attached hydrogen (secondary N) is 1. The summed E-state index contributed by atoms with van der Waals surface area (Å²) in [6.07, 6.45) is -0.0396. The Morgan fingerprint density at radius 1 is 1.14 bits per heavy atom. The van der Waals surface area contributed by atoms with E-state index in [1.165, 1.54) is 12.1 Å². The Bertz CT molecular complexity index is 1080. The van der Waals surface area contributed by atoms with Gasteiger partial charge in [-0.15, -0.1) is 12.6 Å². The molecular weight excluding hydrogens is 411 g/mol. The highest BCUT2D eigenvalue weighted by molar-refractivity contribution is 7.80. The van der Waals surface area contributed by atoms with E-state index in [4.69, 9.17) is 21.6 Å². The van der Waals surface area contributed by atoms with Crippen molar-refractivity contribution >= 4 is 35.8 Å². The van der Waals surface area contributed by atoms with Crippen LogP contribution < -0.4 is 10.1 Å². The lowest BCUT2D eigenvalue weighted by molar-refractivity contribution is -0.115. The molecule has 0 heterocycles. The summed E-state index contributed by atoms with van der Waals surface area (Å²) in [5.74, 6) is -0.228. The number of ether oxygens (including phenoxy) is 1. The molecule has 0 saturated heterocycles. The number of amides is 1. The zero-order valence-corrected chi connectivity index (χ0v) is 16.8. The number of rotatable bonds is 6. The maximum atomic E-state index is 13.5. The van der Waals surface area contributed by atoms with E-state index in [0.717, 1.165) is 5.56 Å². The van der Waals surface area contributed by atoms with Crippen molar-refractivity contribution in [2.24, 2.45) is 0 Å². The highest BCUT2D eigenvalue weighted by Crippen LogP contribution is 2.23. The summed E-state index contributed by atoms with van der Waals surface area (Å²) in [4.78, 5) is 12.9. The molecule has 1 amide bonds. The van der Waals surface area contributed by atoms with Gasteiger partial charge in [0.25, 0.3) is 0 Å². The molecule has 0 unspecified atom stereocenters. The van der Waals surface area contributed by atoms with Gasteiger partial charge in [0, 0.05) is 16.1 Å². The Balaban J connectivity index is 1.60. The fraction of sp³-hybridized carbons (Fsp3) is 0.0909. The number of hydrogen-bond acceptors (Lipinski definition) is 4. The average Bonchev–Trinajstić information content (AvgIpc) is 2.71. The van der Waals surface area contributed by atoms with Crippen molar-refractivity contribution < 1.29 is 13.9 Å². The summed E-state index contributed by atoms with van der Waals surface area (Å²) in [5.41, 5.74) is 2.38. The van der Waals surface area contributed by atoms with Crippen LogP contribution in [0.15, 0.2) is 65.6 Å². The summed E-state index contributed by atoms with van der Waals surface area (Å²) < 4.78 is 19.2. The van der Waals surface area contributed by atoms with Crippen LogP contribution in [0.2, 0.25) is 5.02 Å². The number of benzene rings is 3. The van der Waals surface area contributed by atoms with E-state index >= 15 is 0 Å². The van der Waals surface area contributed by atoms with E-state index in [0.29, 0.717) is 27.5 Å². The predicted octanol–water partition coefficient (Wildman–Crippen LogP) is 5.40. The molecule has 0 bridgehead atoms. The lowest BCUT2D eigenvalue weighted by atomic mass is 10.1. The van der Waals surface area contributed by atoms with Gasteiger partial charge in [0.2, 0.25) is 5.91 Å². The summed E-state index contributed by atoms with van der Waals surface area (Å²) in [5, 5.41) is 11.5. The molecule has 0 aromatic heterocycles. The highest BCUT2D eigenvalue weighted by atomic mass is 35.5. The monoisotopic (exact) mass is 426 g/mol. The average molecular weight is 427 g/mol. The number of thiol groups is 1. The van der Waals surface area contributed by atoms with Crippen LogP contribution in [-0.2, 0) is 17.8 Å². The predicted molar refractivity (Wildman–Crippen MR) is 113 cm³/mol. The first-order valence-corrected chi connectivity index (χ1v) is 9.46. The molecule has 0 aliphatic heterocycles. The molecular formula is C22H16ClFN2O2S. The van der Waals surface area contributed by atoms with Crippen molar-refractivity contribution in [3.05, 3.63) is 88.2 Å². The van der Waals surface area contributed by atoms with E-state index in [2.05, 4.69) is 24.0 Å². The molecule has 4 nitrogen and oxygen atoms in total. The van der Waals surface area contributed by atoms with Crippen molar-refractivity contribution in [3.63, 3.8) is 0 Å². The second-order valence-electron chi connectivity index (χ2n) is 6.21. The lowest BCUT2D eigenvalue weighted by Crippen LogP contribution is -2.15. The maximum Gasteiger partial charge on any atom is 0.228 e. The third-order valence-corrected chi connectivity index (χ3v) is 4.97. The van der Waals surface area contributed by atoms with Gasteiger partial charge in [0.05, 0.1) is 23.1 Å². The largest absolute Gasteiger partial charge is 0.489 e. The first-order valence-electron chi connectivity index (χ1n) is 8.64. The lowest BCUT2D eigenvalue weighted by Gasteiger charge is -2.11. The van der Waals surface area contributed by atoms with Crippen LogP contribution in [0.25, 0.3) is 0 Å². The Morgan fingerprint density at radius 3 is 2.59 bits per heavy atom. The fourth-order valence-electron chi connectivity index (χ4n) is 2.61. The summed E-state index contributed by atoms with van der Waals surface area (Å²) in [7, 11) is 0. The smallest absolute Gasteiger partial charge is 0.228 e. The zero-order chi connectivity index (χ0) is 20.8. The number of hydrogen-bond donors (Lipinski definition) is 2. The summed E-state index contributed by atoms with van der Waals surface area (Å²) in [6, 6.07) is 18.5. The molecule has 0 aliphatic carbocycles. The van der Waals surface area contributed by atoms with E-state index in [1.54, 1.807) is 48.5 Å². The van der Waals surface area contributed by atoms with E-state index in [1.807, 2.05) is 0 Å². The van der Waals surface area contributed by atoms with E-state index < -0.39 is 5.82 Å². The molecule has 0 aliphatic rings. The van der Waals surface area contributed by atoms with Gasteiger partial charge in [-0.2, -0.15) is 5.26 Å². The van der Waals surface area contributed by atoms with Crippen LogP contribution in [0.1, 0.15) is 16.7 Å². The second kappa shape index (κ2) is 9.46. The van der Waals surface area contributed by atoms with Crippen molar-refractivity contribution in [2.75, 3.05) is 5.32 Å². The van der Waals surface area contributed by atoms with Gasteiger partial charge in [-0.3, -0.25) is 4.79 Å². The minimum Gasteiger partial charge on any atom is -0.489 e. The molecule has 0 saturated carbocycles. The molecule has 1 N–H and O–H groups in total. The van der Waals surface area contributed by atoms with Gasteiger partial charge in [0.1, 0.15) is 18.2 Å². The number of carbonyl (C=O) groups excluding carboxylic acids is 1. The Morgan fingerprint density at radius 2 is 1.90 bits per heavy atom. The van der Waals surface area contributed by atoms with Gasteiger partial charge in [-0.25, -0.2) is 4.39 Å². The van der Waals surface area contributed by atoms with Crippen molar-refractivity contribution in [1.29, 1.82) is 5.26 Å². The summed E-state index contributed by atoms with van der Waals surface area (Å²) >= 11 is 10.3. The number of halogens is 2. The Labute approximate surface area is 178 Å².